The number of rotatable bonds is 3. The quantitative estimate of drug-likeness (QED) is 0.858. The third-order valence-corrected chi connectivity index (χ3v) is 6.65. The summed E-state index contributed by atoms with van der Waals surface area (Å²) in [6, 6.07) is 4.05. The average molecular weight is 323 g/mol. The van der Waals surface area contributed by atoms with Gasteiger partial charge in [0.15, 0.2) is 0 Å². The highest BCUT2D eigenvalue weighted by molar-refractivity contribution is 7.89. The molecule has 0 radical (unpaired) electrons. The molecule has 0 aromatic carbocycles. The maximum absolute atomic E-state index is 12.6. The van der Waals surface area contributed by atoms with Crippen LogP contribution in [0.3, 0.4) is 0 Å². The Kier molecular flexibility index (Phi) is 4.68. The summed E-state index contributed by atoms with van der Waals surface area (Å²) in [7, 11) is -3.37. The van der Waals surface area contributed by atoms with Gasteiger partial charge in [-0.25, -0.2) is 13.4 Å². The van der Waals surface area contributed by atoms with Gasteiger partial charge in [-0.05, 0) is 51.2 Å². The molecule has 2 aliphatic rings. The zero-order valence-electron chi connectivity index (χ0n) is 13.2. The molecule has 0 N–H and O–H groups in total. The summed E-state index contributed by atoms with van der Waals surface area (Å²) < 4.78 is 26.8. The highest BCUT2D eigenvalue weighted by Crippen LogP contribution is 2.25. The molecule has 2 fully saturated rings. The van der Waals surface area contributed by atoms with Crippen LogP contribution < -0.4 is 4.90 Å². The fraction of sp³-hybridized carbons (Fsp3) is 0.688. The van der Waals surface area contributed by atoms with Gasteiger partial charge in [0.25, 0.3) is 0 Å². The number of hydrogen-bond acceptors (Lipinski definition) is 4. The number of sulfonamides is 1. The van der Waals surface area contributed by atoms with Gasteiger partial charge in [0.1, 0.15) is 10.7 Å². The molecule has 0 spiro atoms. The maximum Gasteiger partial charge on any atom is 0.244 e. The van der Waals surface area contributed by atoms with Crippen molar-refractivity contribution in [3.05, 3.63) is 18.3 Å². The van der Waals surface area contributed by atoms with Crippen LogP contribution in [0.25, 0.3) is 0 Å². The molecular formula is C16H25N3O2S. The van der Waals surface area contributed by atoms with E-state index in [1.165, 1.54) is 25.5 Å². The number of nitrogens with zero attached hydrogens (tertiary/aromatic N) is 3. The van der Waals surface area contributed by atoms with Crippen LogP contribution in [0.2, 0.25) is 0 Å². The molecule has 1 atom stereocenters. The van der Waals surface area contributed by atoms with Crippen LogP contribution in [-0.2, 0) is 10.0 Å². The van der Waals surface area contributed by atoms with Crippen LogP contribution in [0.4, 0.5) is 5.82 Å². The van der Waals surface area contributed by atoms with E-state index in [2.05, 4.69) is 16.8 Å². The molecule has 0 bridgehead atoms. The summed E-state index contributed by atoms with van der Waals surface area (Å²) in [5.74, 6) is 0.893. The Balaban J connectivity index is 1.78. The molecule has 1 aromatic heterocycles. The Hall–Kier alpha value is -1.14. The molecule has 2 saturated heterocycles. The SMILES string of the molecule is CC1CCCCN1c1ccc(S(=O)(=O)N2CCCCC2)cn1. The number of pyridine rings is 1. The largest absolute Gasteiger partial charge is 0.354 e. The van der Waals surface area contributed by atoms with Crippen LogP contribution in [0, 0.1) is 0 Å². The normalized spacial score (nSPS) is 24.4. The van der Waals surface area contributed by atoms with Crippen molar-refractivity contribution in [3.63, 3.8) is 0 Å². The summed E-state index contributed by atoms with van der Waals surface area (Å²) in [6.07, 6.45) is 8.18. The van der Waals surface area contributed by atoms with Crippen molar-refractivity contribution in [2.45, 2.75) is 56.4 Å². The first-order chi connectivity index (χ1) is 10.6. The molecule has 3 heterocycles. The van der Waals surface area contributed by atoms with Gasteiger partial charge in [-0.1, -0.05) is 6.42 Å². The van der Waals surface area contributed by atoms with E-state index in [0.29, 0.717) is 24.0 Å². The first kappa shape index (κ1) is 15.7. The van der Waals surface area contributed by atoms with Crippen LogP contribution in [0.5, 0.6) is 0 Å². The molecule has 3 rings (SSSR count). The van der Waals surface area contributed by atoms with Crippen molar-refractivity contribution in [1.29, 1.82) is 0 Å². The fourth-order valence-corrected chi connectivity index (χ4v) is 4.85. The number of piperidine rings is 2. The Bertz CT molecular complexity index is 594. The lowest BCUT2D eigenvalue weighted by Gasteiger charge is -2.34. The van der Waals surface area contributed by atoms with Crippen molar-refractivity contribution < 1.29 is 8.42 Å². The van der Waals surface area contributed by atoms with Crippen LogP contribution in [-0.4, -0.2) is 43.4 Å². The van der Waals surface area contributed by atoms with Crippen LogP contribution in [0.15, 0.2) is 23.2 Å². The molecule has 22 heavy (non-hydrogen) atoms. The number of hydrogen-bond donors (Lipinski definition) is 0. The van der Waals surface area contributed by atoms with Crippen molar-refractivity contribution in [2.75, 3.05) is 24.5 Å². The third-order valence-electron chi connectivity index (χ3n) is 4.77. The minimum absolute atomic E-state index is 0.322. The predicted molar refractivity (Wildman–Crippen MR) is 87.5 cm³/mol. The molecule has 0 saturated carbocycles. The summed E-state index contributed by atoms with van der Waals surface area (Å²) >= 11 is 0. The second-order valence-corrected chi connectivity index (χ2v) is 8.29. The van der Waals surface area contributed by atoms with Crippen molar-refractivity contribution in [3.8, 4) is 0 Å². The Morgan fingerprint density at radius 3 is 2.41 bits per heavy atom. The zero-order chi connectivity index (χ0) is 15.6. The molecular weight excluding hydrogens is 298 g/mol. The van der Waals surface area contributed by atoms with Crippen LogP contribution in [0.1, 0.15) is 45.4 Å². The Labute approximate surface area is 133 Å². The lowest BCUT2D eigenvalue weighted by molar-refractivity contribution is 0.346. The van der Waals surface area contributed by atoms with Crippen molar-refractivity contribution in [2.24, 2.45) is 0 Å². The van der Waals surface area contributed by atoms with Gasteiger partial charge in [0, 0.05) is 31.9 Å². The molecule has 6 heteroatoms. The van der Waals surface area contributed by atoms with Gasteiger partial charge in [-0.15, -0.1) is 0 Å². The van der Waals surface area contributed by atoms with E-state index in [1.807, 2.05) is 6.07 Å². The smallest absolute Gasteiger partial charge is 0.244 e. The van der Waals surface area contributed by atoms with Gasteiger partial charge in [-0.2, -0.15) is 4.31 Å². The van der Waals surface area contributed by atoms with Gasteiger partial charge in [-0.3, -0.25) is 0 Å². The van der Waals surface area contributed by atoms with E-state index in [0.717, 1.165) is 31.6 Å². The highest BCUT2D eigenvalue weighted by atomic mass is 32.2. The molecule has 0 amide bonds. The van der Waals surface area contributed by atoms with Gasteiger partial charge in [0.2, 0.25) is 10.0 Å². The first-order valence-electron chi connectivity index (χ1n) is 8.32. The molecule has 1 aromatic rings. The number of anilines is 1. The van der Waals surface area contributed by atoms with E-state index < -0.39 is 10.0 Å². The maximum atomic E-state index is 12.6. The second kappa shape index (κ2) is 6.54. The lowest BCUT2D eigenvalue weighted by atomic mass is 10.0. The summed E-state index contributed by atoms with van der Waals surface area (Å²) in [5, 5.41) is 0. The van der Waals surface area contributed by atoms with E-state index >= 15 is 0 Å². The van der Waals surface area contributed by atoms with Crippen LogP contribution >= 0.6 is 0 Å². The predicted octanol–water partition coefficient (Wildman–Crippen LogP) is 2.64. The van der Waals surface area contributed by atoms with Crippen molar-refractivity contribution in [1.82, 2.24) is 9.29 Å². The molecule has 0 aliphatic carbocycles. The summed E-state index contributed by atoms with van der Waals surface area (Å²) in [6.45, 7) is 4.48. The average Bonchev–Trinajstić information content (AvgIpc) is 2.56. The topological polar surface area (TPSA) is 53.5 Å². The van der Waals surface area contributed by atoms with Gasteiger partial charge >= 0.3 is 0 Å². The van der Waals surface area contributed by atoms with E-state index in [1.54, 1.807) is 10.4 Å². The van der Waals surface area contributed by atoms with Crippen molar-refractivity contribution >= 4 is 15.8 Å². The van der Waals surface area contributed by atoms with E-state index in [4.69, 9.17) is 0 Å². The zero-order valence-corrected chi connectivity index (χ0v) is 14.1. The second-order valence-electron chi connectivity index (χ2n) is 6.36. The highest BCUT2D eigenvalue weighted by Gasteiger charge is 2.27. The summed E-state index contributed by atoms with van der Waals surface area (Å²) in [4.78, 5) is 7.03. The fourth-order valence-electron chi connectivity index (χ4n) is 3.39. The molecule has 122 valence electrons. The third kappa shape index (κ3) is 3.13. The first-order valence-corrected chi connectivity index (χ1v) is 9.76. The molecule has 2 aliphatic heterocycles. The van der Waals surface area contributed by atoms with Gasteiger partial charge < -0.3 is 4.90 Å². The lowest BCUT2D eigenvalue weighted by Crippen LogP contribution is -2.38. The molecule has 1 unspecified atom stereocenters. The standard InChI is InChI=1S/C16H25N3O2S/c1-14-7-3-6-12-19(14)16-9-8-15(13-17-16)22(20,21)18-10-4-2-5-11-18/h8-9,13-14H,2-7,10-12H2,1H3. The Morgan fingerprint density at radius 2 is 1.77 bits per heavy atom. The number of aromatic nitrogens is 1. The molecule has 5 nitrogen and oxygen atoms in total. The van der Waals surface area contributed by atoms with Gasteiger partial charge in [0.05, 0.1) is 0 Å². The Morgan fingerprint density at radius 1 is 1.05 bits per heavy atom. The minimum Gasteiger partial charge on any atom is -0.354 e. The monoisotopic (exact) mass is 323 g/mol. The van der Waals surface area contributed by atoms with E-state index in [-0.39, 0.29) is 0 Å². The van der Waals surface area contributed by atoms with E-state index in [9.17, 15) is 8.42 Å². The summed E-state index contributed by atoms with van der Waals surface area (Å²) in [5.41, 5.74) is 0. The minimum atomic E-state index is -3.37.